The molecule has 2 fully saturated rings. The third-order valence-corrected chi connectivity index (χ3v) is 5.22. The molecular weight excluding hydrogens is 480 g/mol. The molecule has 8 heteroatoms. The van der Waals surface area contributed by atoms with Gasteiger partial charge >= 0.3 is 6.18 Å². The van der Waals surface area contributed by atoms with Crippen molar-refractivity contribution in [3.05, 3.63) is 35.4 Å². The van der Waals surface area contributed by atoms with Crippen molar-refractivity contribution in [2.24, 2.45) is 10.9 Å². The number of aliphatic imine (C=N–C) groups is 1. The van der Waals surface area contributed by atoms with Gasteiger partial charge in [-0.25, -0.2) is 0 Å². The van der Waals surface area contributed by atoms with Crippen molar-refractivity contribution in [1.29, 1.82) is 0 Å². The summed E-state index contributed by atoms with van der Waals surface area (Å²) in [7, 11) is 0. The number of nitrogens with zero attached hydrogens (tertiary/aromatic N) is 2. The number of hydrogen-bond acceptors (Lipinski definition) is 2. The molecule has 1 saturated carbocycles. The van der Waals surface area contributed by atoms with Crippen LogP contribution in [0.3, 0.4) is 0 Å². The lowest BCUT2D eigenvalue weighted by Gasteiger charge is -2.15. The second kappa shape index (κ2) is 10.7. The first-order valence-electron chi connectivity index (χ1n) is 9.88. The molecule has 158 valence electrons. The first-order valence-corrected chi connectivity index (χ1v) is 9.88. The molecule has 1 unspecified atom stereocenters. The SMILES string of the molecule is CCNC(=NCC1CCN(C2CC2)C1)NCCc1ccc(C(F)(F)F)cc1.I. The van der Waals surface area contributed by atoms with Gasteiger partial charge in [0.25, 0.3) is 0 Å². The molecule has 0 spiro atoms. The highest BCUT2D eigenvalue weighted by molar-refractivity contribution is 14.0. The number of halogens is 4. The Kier molecular flexibility index (Phi) is 8.85. The fraction of sp³-hybridized carbons (Fsp3) is 0.650. The third-order valence-electron chi connectivity index (χ3n) is 5.22. The lowest BCUT2D eigenvalue weighted by molar-refractivity contribution is -0.137. The van der Waals surface area contributed by atoms with Gasteiger partial charge in [0.15, 0.2) is 5.96 Å². The first kappa shape index (κ1) is 23.3. The topological polar surface area (TPSA) is 39.7 Å². The van der Waals surface area contributed by atoms with E-state index in [4.69, 9.17) is 4.99 Å². The summed E-state index contributed by atoms with van der Waals surface area (Å²) in [6, 6.07) is 6.19. The third kappa shape index (κ3) is 7.09. The van der Waals surface area contributed by atoms with E-state index in [1.54, 1.807) is 12.1 Å². The maximum atomic E-state index is 12.6. The van der Waals surface area contributed by atoms with E-state index >= 15 is 0 Å². The van der Waals surface area contributed by atoms with Gasteiger partial charge in [-0.3, -0.25) is 4.99 Å². The van der Waals surface area contributed by atoms with Gasteiger partial charge in [0.1, 0.15) is 0 Å². The Morgan fingerprint density at radius 1 is 1.14 bits per heavy atom. The molecule has 0 amide bonds. The Morgan fingerprint density at radius 2 is 1.86 bits per heavy atom. The molecule has 2 N–H and O–H groups in total. The molecule has 28 heavy (non-hydrogen) atoms. The van der Waals surface area contributed by atoms with Crippen molar-refractivity contribution in [1.82, 2.24) is 15.5 Å². The number of likely N-dealkylation sites (tertiary alicyclic amines) is 1. The molecule has 3 rings (SSSR count). The first-order chi connectivity index (χ1) is 13.0. The van der Waals surface area contributed by atoms with Crippen LogP contribution in [-0.2, 0) is 12.6 Å². The van der Waals surface area contributed by atoms with Crippen LogP contribution in [0.4, 0.5) is 13.2 Å². The maximum Gasteiger partial charge on any atom is 0.416 e. The summed E-state index contributed by atoms with van der Waals surface area (Å²) in [6.07, 6.45) is 0.289. The van der Waals surface area contributed by atoms with Crippen LogP contribution in [0.1, 0.15) is 37.3 Å². The van der Waals surface area contributed by atoms with E-state index in [-0.39, 0.29) is 24.0 Å². The van der Waals surface area contributed by atoms with Crippen molar-refractivity contribution in [3.8, 4) is 0 Å². The number of alkyl halides is 3. The summed E-state index contributed by atoms with van der Waals surface area (Å²) in [5, 5.41) is 6.53. The quantitative estimate of drug-likeness (QED) is 0.332. The van der Waals surface area contributed by atoms with E-state index in [2.05, 4.69) is 15.5 Å². The van der Waals surface area contributed by atoms with Crippen molar-refractivity contribution in [2.45, 2.75) is 44.8 Å². The average molecular weight is 510 g/mol. The number of guanidine groups is 1. The summed E-state index contributed by atoms with van der Waals surface area (Å²) >= 11 is 0. The number of benzene rings is 1. The monoisotopic (exact) mass is 510 g/mol. The standard InChI is InChI=1S/C20H29F3N4.HI/c1-2-24-19(26-13-16-10-12-27(14-16)18-7-8-18)25-11-9-15-3-5-17(6-4-15)20(21,22)23;/h3-6,16,18H,2,7-14H2,1H3,(H2,24,25,26);1H. The van der Waals surface area contributed by atoms with Gasteiger partial charge in [0, 0.05) is 32.2 Å². The van der Waals surface area contributed by atoms with Crippen LogP contribution >= 0.6 is 24.0 Å². The fourth-order valence-corrected chi connectivity index (χ4v) is 3.53. The summed E-state index contributed by atoms with van der Waals surface area (Å²) in [5.74, 6) is 1.41. The molecular formula is C20H30F3IN4. The predicted molar refractivity (Wildman–Crippen MR) is 117 cm³/mol. The average Bonchev–Trinajstić information content (AvgIpc) is 3.38. The summed E-state index contributed by atoms with van der Waals surface area (Å²) in [6.45, 7) is 6.61. The van der Waals surface area contributed by atoms with E-state index in [0.29, 0.717) is 18.9 Å². The Balaban J connectivity index is 0.00000280. The minimum Gasteiger partial charge on any atom is -0.357 e. The van der Waals surface area contributed by atoms with Crippen molar-refractivity contribution < 1.29 is 13.2 Å². The highest BCUT2D eigenvalue weighted by atomic mass is 127. The highest BCUT2D eigenvalue weighted by Gasteiger charge is 2.34. The van der Waals surface area contributed by atoms with E-state index in [1.807, 2.05) is 6.92 Å². The van der Waals surface area contributed by atoms with Crippen molar-refractivity contribution in [2.75, 3.05) is 32.7 Å². The maximum absolute atomic E-state index is 12.6. The molecule has 1 atom stereocenters. The fourth-order valence-electron chi connectivity index (χ4n) is 3.53. The molecule has 1 saturated heterocycles. The van der Waals surface area contributed by atoms with Gasteiger partial charge in [-0.2, -0.15) is 13.2 Å². The molecule has 1 aliphatic carbocycles. The van der Waals surface area contributed by atoms with Crippen LogP contribution in [-0.4, -0.2) is 49.6 Å². The zero-order valence-electron chi connectivity index (χ0n) is 16.3. The van der Waals surface area contributed by atoms with E-state index in [0.717, 1.165) is 49.3 Å². The minimum atomic E-state index is -4.28. The van der Waals surface area contributed by atoms with Crippen LogP contribution in [0.2, 0.25) is 0 Å². The van der Waals surface area contributed by atoms with Gasteiger partial charge in [-0.05, 0) is 62.8 Å². The van der Waals surface area contributed by atoms with Gasteiger partial charge in [-0.1, -0.05) is 12.1 Å². The zero-order chi connectivity index (χ0) is 19.3. The van der Waals surface area contributed by atoms with Crippen LogP contribution in [0, 0.1) is 5.92 Å². The van der Waals surface area contributed by atoms with Crippen LogP contribution < -0.4 is 10.6 Å². The van der Waals surface area contributed by atoms with E-state index in [9.17, 15) is 13.2 Å². The molecule has 0 aromatic heterocycles. The van der Waals surface area contributed by atoms with Gasteiger partial charge in [-0.15, -0.1) is 24.0 Å². The normalized spacial score (nSPS) is 20.7. The lowest BCUT2D eigenvalue weighted by atomic mass is 10.1. The Morgan fingerprint density at radius 3 is 2.46 bits per heavy atom. The molecule has 1 aliphatic heterocycles. The van der Waals surface area contributed by atoms with Gasteiger partial charge in [0.2, 0.25) is 0 Å². The number of hydrogen-bond donors (Lipinski definition) is 2. The van der Waals surface area contributed by atoms with Crippen LogP contribution in [0.25, 0.3) is 0 Å². The molecule has 2 aliphatic rings. The second-order valence-corrected chi connectivity index (χ2v) is 7.47. The van der Waals surface area contributed by atoms with E-state index < -0.39 is 11.7 Å². The summed E-state index contributed by atoms with van der Waals surface area (Å²) < 4.78 is 37.8. The smallest absolute Gasteiger partial charge is 0.357 e. The lowest BCUT2D eigenvalue weighted by Crippen LogP contribution is -2.38. The largest absolute Gasteiger partial charge is 0.416 e. The Labute approximate surface area is 182 Å². The van der Waals surface area contributed by atoms with Gasteiger partial charge in [0.05, 0.1) is 5.56 Å². The molecule has 1 aromatic carbocycles. The number of rotatable bonds is 7. The van der Waals surface area contributed by atoms with Crippen molar-refractivity contribution >= 4 is 29.9 Å². The predicted octanol–water partition coefficient (Wildman–Crippen LogP) is 3.91. The molecule has 4 nitrogen and oxygen atoms in total. The Bertz CT molecular complexity index is 629. The molecule has 0 bridgehead atoms. The highest BCUT2D eigenvalue weighted by Crippen LogP contribution is 2.31. The molecule has 0 radical (unpaired) electrons. The van der Waals surface area contributed by atoms with Crippen LogP contribution in [0.15, 0.2) is 29.3 Å². The van der Waals surface area contributed by atoms with Crippen LogP contribution in [0.5, 0.6) is 0 Å². The minimum absolute atomic E-state index is 0. The summed E-state index contributed by atoms with van der Waals surface area (Å²) in [5.41, 5.74) is 0.271. The van der Waals surface area contributed by atoms with Crippen molar-refractivity contribution in [3.63, 3.8) is 0 Å². The second-order valence-electron chi connectivity index (χ2n) is 7.47. The Hall–Kier alpha value is -1.03. The van der Waals surface area contributed by atoms with Gasteiger partial charge < -0.3 is 15.5 Å². The summed E-state index contributed by atoms with van der Waals surface area (Å²) in [4.78, 5) is 7.29. The number of nitrogens with one attached hydrogen (secondary N) is 2. The molecule has 1 aromatic rings. The molecule has 1 heterocycles. The zero-order valence-corrected chi connectivity index (χ0v) is 18.6. The van der Waals surface area contributed by atoms with E-state index in [1.165, 1.54) is 25.8 Å².